The van der Waals surface area contributed by atoms with Gasteiger partial charge in [0.15, 0.2) is 0 Å². The van der Waals surface area contributed by atoms with Crippen molar-refractivity contribution in [2.24, 2.45) is 0 Å². The van der Waals surface area contributed by atoms with Gasteiger partial charge >= 0.3 is 0 Å². The van der Waals surface area contributed by atoms with E-state index in [0.29, 0.717) is 5.92 Å². The van der Waals surface area contributed by atoms with Gasteiger partial charge in [0.25, 0.3) is 0 Å². The van der Waals surface area contributed by atoms with E-state index in [-0.39, 0.29) is 5.82 Å². The molecule has 2 rings (SSSR count). The molecule has 0 aromatic heterocycles. The second-order valence-corrected chi connectivity index (χ2v) is 4.33. The first-order chi connectivity index (χ1) is 7.76. The van der Waals surface area contributed by atoms with Gasteiger partial charge in [-0.3, -0.25) is 0 Å². The second-order valence-electron chi connectivity index (χ2n) is 4.33. The molecule has 0 amide bonds. The number of anilines is 1. The molecule has 0 saturated heterocycles. The normalized spacial score (nSPS) is 18.9. The smallest absolute Gasteiger partial charge is 0.123 e. The van der Waals surface area contributed by atoms with Crippen molar-refractivity contribution < 1.29 is 4.39 Å². The quantitative estimate of drug-likeness (QED) is 0.841. The van der Waals surface area contributed by atoms with Crippen molar-refractivity contribution in [1.82, 2.24) is 5.32 Å². The van der Waals surface area contributed by atoms with Gasteiger partial charge in [-0.1, -0.05) is 0 Å². The van der Waals surface area contributed by atoms with E-state index in [1.165, 1.54) is 11.3 Å². The van der Waals surface area contributed by atoms with Gasteiger partial charge in [-0.15, -0.1) is 0 Å². The molecule has 1 unspecified atom stereocenters. The Bertz CT molecular complexity index is 365. The maximum absolute atomic E-state index is 13.3. The van der Waals surface area contributed by atoms with Gasteiger partial charge in [-0.25, -0.2) is 4.39 Å². The molecule has 0 aliphatic carbocycles. The van der Waals surface area contributed by atoms with Crippen molar-refractivity contribution in [3.63, 3.8) is 0 Å². The van der Waals surface area contributed by atoms with E-state index < -0.39 is 0 Å². The maximum Gasteiger partial charge on any atom is 0.123 e. The van der Waals surface area contributed by atoms with E-state index in [1.54, 1.807) is 12.1 Å². The van der Waals surface area contributed by atoms with Gasteiger partial charge in [0.05, 0.1) is 0 Å². The molecule has 3 heteroatoms. The summed E-state index contributed by atoms with van der Waals surface area (Å²) in [7, 11) is 1.96. The van der Waals surface area contributed by atoms with Gasteiger partial charge in [0.1, 0.15) is 5.82 Å². The number of likely N-dealkylation sites (N-methyl/N-ethyl adjacent to an activating group) is 1. The summed E-state index contributed by atoms with van der Waals surface area (Å²) >= 11 is 0. The molecule has 1 aromatic carbocycles. The first-order valence-corrected chi connectivity index (χ1v) is 5.95. The van der Waals surface area contributed by atoms with Crippen LogP contribution >= 0.6 is 0 Å². The Kier molecular flexibility index (Phi) is 3.44. The summed E-state index contributed by atoms with van der Waals surface area (Å²) in [6.07, 6.45) is 1.07. The standard InChI is InChI=1S/C13H19FN2/c1-3-16-9-10(6-7-15-2)12-8-11(14)4-5-13(12)16/h4-5,8,10,15H,3,6-7,9H2,1-2H3. The Morgan fingerprint density at radius 1 is 1.50 bits per heavy atom. The monoisotopic (exact) mass is 222 g/mol. The van der Waals surface area contributed by atoms with E-state index in [4.69, 9.17) is 0 Å². The fraction of sp³-hybridized carbons (Fsp3) is 0.538. The van der Waals surface area contributed by atoms with Crippen molar-refractivity contribution in [1.29, 1.82) is 0 Å². The lowest BCUT2D eigenvalue weighted by atomic mass is 9.98. The number of benzene rings is 1. The minimum absolute atomic E-state index is 0.119. The second kappa shape index (κ2) is 4.83. The van der Waals surface area contributed by atoms with Crippen LogP contribution in [0.3, 0.4) is 0 Å². The largest absolute Gasteiger partial charge is 0.371 e. The number of hydrogen-bond donors (Lipinski definition) is 1. The average Bonchev–Trinajstić information content (AvgIpc) is 2.64. The molecule has 1 heterocycles. The first kappa shape index (κ1) is 11.4. The average molecular weight is 222 g/mol. The van der Waals surface area contributed by atoms with E-state index >= 15 is 0 Å². The number of nitrogens with zero attached hydrogens (tertiary/aromatic N) is 1. The van der Waals surface area contributed by atoms with E-state index in [9.17, 15) is 4.39 Å². The summed E-state index contributed by atoms with van der Waals surface area (Å²) < 4.78 is 13.3. The molecule has 1 aromatic rings. The lowest BCUT2D eigenvalue weighted by molar-refractivity contribution is 0.600. The zero-order valence-corrected chi connectivity index (χ0v) is 9.96. The number of fused-ring (bicyclic) bond motifs is 1. The van der Waals surface area contributed by atoms with Gasteiger partial charge < -0.3 is 10.2 Å². The van der Waals surface area contributed by atoms with Gasteiger partial charge in [-0.2, -0.15) is 0 Å². The molecule has 1 aliphatic rings. The molecule has 2 nitrogen and oxygen atoms in total. The van der Waals surface area contributed by atoms with E-state index in [0.717, 1.165) is 26.1 Å². The Morgan fingerprint density at radius 2 is 2.31 bits per heavy atom. The van der Waals surface area contributed by atoms with Crippen molar-refractivity contribution in [2.45, 2.75) is 19.3 Å². The maximum atomic E-state index is 13.3. The molecule has 88 valence electrons. The Labute approximate surface area is 96.5 Å². The Hall–Kier alpha value is -1.09. The third kappa shape index (κ3) is 2.05. The minimum Gasteiger partial charge on any atom is -0.371 e. The van der Waals surface area contributed by atoms with E-state index in [2.05, 4.69) is 17.1 Å². The molecular formula is C13H19FN2. The minimum atomic E-state index is -0.119. The summed E-state index contributed by atoms with van der Waals surface area (Å²) in [6, 6.07) is 5.17. The van der Waals surface area contributed by atoms with E-state index in [1.807, 2.05) is 13.1 Å². The highest BCUT2D eigenvalue weighted by Gasteiger charge is 2.27. The van der Waals surface area contributed by atoms with Crippen LogP contribution in [-0.4, -0.2) is 26.7 Å². The molecule has 0 spiro atoms. The predicted octanol–water partition coefficient (Wildman–Crippen LogP) is 2.36. The van der Waals surface area contributed by atoms with Crippen LogP contribution in [0, 0.1) is 5.82 Å². The number of hydrogen-bond acceptors (Lipinski definition) is 2. The molecule has 0 fully saturated rings. The first-order valence-electron chi connectivity index (χ1n) is 5.95. The van der Waals surface area contributed by atoms with Crippen LogP contribution in [0.25, 0.3) is 0 Å². The van der Waals surface area contributed by atoms with Crippen LogP contribution in [0.15, 0.2) is 18.2 Å². The third-order valence-electron chi connectivity index (χ3n) is 3.34. The van der Waals surface area contributed by atoms with Crippen molar-refractivity contribution >= 4 is 5.69 Å². The molecule has 1 N–H and O–H groups in total. The van der Waals surface area contributed by atoms with Gasteiger partial charge in [0, 0.05) is 24.7 Å². The van der Waals surface area contributed by atoms with Crippen molar-refractivity contribution in [3.05, 3.63) is 29.6 Å². The lowest BCUT2D eigenvalue weighted by Gasteiger charge is -2.17. The summed E-state index contributed by atoms with van der Waals surface area (Å²) in [5.74, 6) is 0.351. The summed E-state index contributed by atoms with van der Waals surface area (Å²) in [6.45, 7) is 5.15. The van der Waals surface area contributed by atoms with Gasteiger partial charge in [0.2, 0.25) is 0 Å². The fourth-order valence-electron chi connectivity index (χ4n) is 2.47. The van der Waals surface area contributed by atoms with Crippen LogP contribution in [0.2, 0.25) is 0 Å². The fourth-order valence-corrected chi connectivity index (χ4v) is 2.47. The van der Waals surface area contributed by atoms with Crippen LogP contribution in [0.1, 0.15) is 24.8 Å². The van der Waals surface area contributed by atoms with Crippen LogP contribution in [0.5, 0.6) is 0 Å². The molecule has 0 radical (unpaired) electrons. The lowest BCUT2D eigenvalue weighted by Crippen LogP contribution is -2.22. The van der Waals surface area contributed by atoms with Crippen molar-refractivity contribution in [3.8, 4) is 0 Å². The predicted molar refractivity (Wildman–Crippen MR) is 65.6 cm³/mol. The number of rotatable bonds is 4. The van der Waals surface area contributed by atoms with Crippen molar-refractivity contribution in [2.75, 3.05) is 31.6 Å². The summed E-state index contributed by atoms with van der Waals surface area (Å²) in [5, 5.41) is 3.16. The number of nitrogens with one attached hydrogen (secondary N) is 1. The van der Waals surface area contributed by atoms with Crippen LogP contribution in [-0.2, 0) is 0 Å². The third-order valence-corrected chi connectivity index (χ3v) is 3.34. The van der Waals surface area contributed by atoms with Crippen LogP contribution < -0.4 is 10.2 Å². The molecule has 1 aliphatic heterocycles. The Balaban J connectivity index is 2.24. The summed E-state index contributed by atoms with van der Waals surface area (Å²) in [5.41, 5.74) is 2.39. The molecule has 16 heavy (non-hydrogen) atoms. The van der Waals surface area contributed by atoms with Gasteiger partial charge in [-0.05, 0) is 50.7 Å². The SMILES string of the molecule is CCN1CC(CCNC)c2cc(F)ccc21. The summed E-state index contributed by atoms with van der Waals surface area (Å²) in [4.78, 5) is 2.33. The zero-order valence-electron chi connectivity index (χ0n) is 9.96. The molecule has 0 saturated carbocycles. The Morgan fingerprint density at radius 3 is 3.00 bits per heavy atom. The number of halogens is 1. The molecular weight excluding hydrogens is 203 g/mol. The molecule has 0 bridgehead atoms. The molecule has 1 atom stereocenters. The highest BCUT2D eigenvalue weighted by molar-refractivity contribution is 5.60. The zero-order chi connectivity index (χ0) is 11.5. The van der Waals surface area contributed by atoms with Crippen LogP contribution in [0.4, 0.5) is 10.1 Å². The topological polar surface area (TPSA) is 15.3 Å². The highest BCUT2D eigenvalue weighted by atomic mass is 19.1. The highest BCUT2D eigenvalue weighted by Crippen LogP contribution is 2.37.